The van der Waals surface area contributed by atoms with Gasteiger partial charge in [0.2, 0.25) is 0 Å². The molecular formula is C18H15ClN2O6. The van der Waals surface area contributed by atoms with Crippen molar-refractivity contribution in [1.29, 1.82) is 0 Å². The Labute approximate surface area is 159 Å². The summed E-state index contributed by atoms with van der Waals surface area (Å²) in [7, 11) is 1.31. The molecule has 1 amide bonds. The van der Waals surface area contributed by atoms with Crippen LogP contribution in [0.4, 0.5) is 11.4 Å². The van der Waals surface area contributed by atoms with Crippen molar-refractivity contribution in [2.24, 2.45) is 0 Å². The number of non-ortho nitro benzene ring substituents is 1. The Kier molecular flexibility index (Phi) is 6.90. The Hall–Kier alpha value is -3.39. The molecule has 2 aromatic rings. The fraction of sp³-hybridized carbons (Fsp3) is 0.111. The van der Waals surface area contributed by atoms with Crippen molar-refractivity contribution in [2.75, 3.05) is 19.0 Å². The van der Waals surface area contributed by atoms with Crippen LogP contribution in [0.2, 0.25) is 5.02 Å². The van der Waals surface area contributed by atoms with Crippen LogP contribution >= 0.6 is 11.6 Å². The molecule has 2 aromatic carbocycles. The van der Waals surface area contributed by atoms with Crippen LogP contribution in [-0.4, -0.2) is 30.5 Å². The lowest BCUT2D eigenvalue weighted by atomic mass is 10.2. The van der Waals surface area contributed by atoms with Gasteiger partial charge in [-0.1, -0.05) is 29.8 Å². The van der Waals surface area contributed by atoms with Crippen molar-refractivity contribution in [1.82, 2.24) is 0 Å². The van der Waals surface area contributed by atoms with Gasteiger partial charge in [0.15, 0.2) is 6.61 Å². The molecule has 0 spiro atoms. The number of benzene rings is 2. The lowest BCUT2D eigenvalue weighted by molar-refractivity contribution is -0.384. The highest BCUT2D eigenvalue weighted by Gasteiger charge is 2.14. The average Bonchev–Trinajstić information content (AvgIpc) is 2.65. The number of esters is 1. The van der Waals surface area contributed by atoms with E-state index in [1.165, 1.54) is 31.4 Å². The third-order valence-electron chi connectivity index (χ3n) is 3.32. The van der Waals surface area contributed by atoms with Gasteiger partial charge in [0.1, 0.15) is 5.75 Å². The highest BCUT2D eigenvalue weighted by Crippen LogP contribution is 2.28. The highest BCUT2D eigenvalue weighted by molar-refractivity contribution is 6.32. The van der Waals surface area contributed by atoms with Crippen molar-refractivity contribution < 1.29 is 24.0 Å². The van der Waals surface area contributed by atoms with Crippen molar-refractivity contribution in [3.05, 3.63) is 69.2 Å². The van der Waals surface area contributed by atoms with E-state index < -0.39 is 23.4 Å². The summed E-state index contributed by atoms with van der Waals surface area (Å²) >= 11 is 5.96. The first kappa shape index (κ1) is 19.9. The fourth-order valence-corrected chi connectivity index (χ4v) is 2.23. The second-order valence-corrected chi connectivity index (χ2v) is 5.56. The number of anilines is 1. The lowest BCUT2D eigenvalue weighted by Gasteiger charge is -2.09. The first-order chi connectivity index (χ1) is 12.9. The molecule has 0 aliphatic heterocycles. The number of nitrogens with zero attached hydrogens (tertiary/aromatic N) is 1. The molecule has 0 radical (unpaired) electrons. The Bertz CT molecular complexity index is 897. The van der Waals surface area contributed by atoms with E-state index >= 15 is 0 Å². The summed E-state index contributed by atoms with van der Waals surface area (Å²) in [5.41, 5.74) is 0.674. The maximum absolute atomic E-state index is 11.9. The van der Waals surface area contributed by atoms with E-state index in [9.17, 15) is 19.7 Å². The van der Waals surface area contributed by atoms with Crippen LogP contribution < -0.4 is 10.1 Å². The van der Waals surface area contributed by atoms with E-state index in [1.807, 2.05) is 0 Å². The smallest absolute Gasteiger partial charge is 0.331 e. The molecule has 0 aromatic heterocycles. The second-order valence-electron chi connectivity index (χ2n) is 5.15. The van der Waals surface area contributed by atoms with Gasteiger partial charge in [-0.05, 0) is 23.8 Å². The van der Waals surface area contributed by atoms with Crippen LogP contribution in [0.5, 0.6) is 5.75 Å². The van der Waals surface area contributed by atoms with Gasteiger partial charge in [-0.15, -0.1) is 0 Å². The summed E-state index contributed by atoms with van der Waals surface area (Å²) < 4.78 is 9.85. The number of carbonyl (C=O) groups is 2. The SMILES string of the molecule is COc1cc([N+](=O)[O-])ccc1NC(=O)COC(=O)/C=C/c1ccccc1Cl. The largest absolute Gasteiger partial charge is 0.494 e. The molecule has 0 saturated carbocycles. The van der Waals surface area contributed by atoms with Gasteiger partial charge in [-0.3, -0.25) is 14.9 Å². The Balaban J connectivity index is 1.91. The number of amides is 1. The Morgan fingerprint density at radius 2 is 2.00 bits per heavy atom. The van der Waals surface area contributed by atoms with Crippen LogP contribution in [-0.2, 0) is 14.3 Å². The van der Waals surface area contributed by atoms with Gasteiger partial charge in [0, 0.05) is 17.2 Å². The van der Waals surface area contributed by atoms with Crippen molar-refractivity contribution >= 4 is 40.9 Å². The number of halogens is 1. The maximum Gasteiger partial charge on any atom is 0.331 e. The summed E-state index contributed by atoms with van der Waals surface area (Å²) in [4.78, 5) is 33.8. The molecule has 9 heteroatoms. The zero-order valence-electron chi connectivity index (χ0n) is 14.2. The number of rotatable bonds is 7. The Morgan fingerprint density at radius 1 is 1.26 bits per heavy atom. The predicted molar refractivity (Wildman–Crippen MR) is 99.7 cm³/mol. The standard InChI is InChI=1S/C18H15ClN2O6/c1-26-16-10-13(21(24)25)7-8-15(16)20-17(22)11-27-18(23)9-6-12-4-2-3-5-14(12)19/h2-10H,11H2,1H3,(H,20,22)/b9-6+. The summed E-state index contributed by atoms with van der Waals surface area (Å²) in [5.74, 6) is -1.23. The Morgan fingerprint density at radius 3 is 2.67 bits per heavy atom. The van der Waals surface area contributed by atoms with Crippen LogP contribution in [0.25, 0.3) is 6.08 Å². The van der Waals surface area contributed by atoms with Gasteiger partial charge < -0.3 is 14.8 Å². The topological polar surface area (TPSA) is 108 Å². The number of nitrogens with one attached hydrogen (secondary N) is 1. The molecule has 1 N–H and O–H groups in total. The normalized spacial score (nSPS) is 10.4. The summed E-state index contributed by atoms with van der Waals surface area (Å²) in [5, 5.41) is 13.7. The number of methoxy groups -OCH3 is 1. The average molecular weight is 391 g/mol. The summed E-state index contributed by atoms with van der Waals surface area (Å²) in [6, 6.07) is 10.6. The monoisotopic (exact) mass is 390 g/mol. The molecular weight excluding hydrogens is 376 g/mol. The molecule has 0 aliphatic rings. The van der Waals surface area contributed by atoms with E-state index in [4.69, 9.17) is 21.1 Å². The minimum atomic E-state index is -0.722. The molecule has 0 aliphatic carbocycles. The van der Waals surface area contributed by atoms with Gasteiger partial charge >= 0.3 is 5.97 Å². The first-order valence-electron chi connectivity index (χ1n) is 7.62. The number of hydrogen-bond donors (Lipinski definition) is 1. The first-order valence-corrected chi connectivity index (χ1v) is 8.00. The molecule has 140 valence electrons. The van der Waals surface area contributed by atoms with E-state index in [0.29, 0.717) is 10.6 Å². The van der Waals surface area contributed by atoms with Crippen molar-refractivity contribution in [3.8, 4) is 5.75 Å². The van der Waals surface area contributed by atoms with Gasteiger partial charge in [-0.25, -0.2) is 4.79 Å². The molecule has 0 atom stereocenters. The molecule has 0 heterocycles. The molecule has 0 bridgehead atoms. The summed E-state index contributed by atoms with van der Waals surface area (Å²) in [6.45, 7) is -0.536. The van der Waals surface area contributed by atoms with E-state index in [-0.39, 0.29) is 17.1 Å². The zero-order valence-corrected chi connectivity index (χ0v) is 14.9. The molecule has 0 fully saturated rings. The highest BCUT2D eigenvalue weighted by atomic mass is 35.5. The van der Waals surface area contributed by atoms with E-state index in [2.05, 4.69) is 5.32 Å². The number of hydrogen-bond acceptors (Lipinski definition) is 6. The third kappa shape index (κ3) is 5.82. The van der Waals surface area contributed by atoms with E-state index in [0.717, 1.165) is 6.08 Å². The van der Waals surface area contributed by atoms with E-state index in [1.54, 1.807) is 24.3 Å². The van der Waals surface area contributed by atoms with Gasteiger partial charge in [0.25, 0.3) is 11.6 Å². The maximum atomic E-state index is 11.9. The predicted octanol–water partition coefficient (Wildman–Crippen LogP) is 3.45. The summed E-state index contributed by atoms with van der Waals surface area (Å²) in [6.07, 6.45) is 2.63. The van der Waals surface area contributed by atoms with Gasteiger partial charge in [0.05, 0.1) is 23.8 Å². The van der Waals surface area contributed by atoms with Gasteiger partial charge in [-0.2, -0.15) is 0 Å². The number of nitro groups is 1. The molecule has 0 unspecified atom stereocenters. The third-order valence-corrected chi connectivity index (χ3v) is 3.66. The molecule has 2 rings (SSSR count). The van der Waals surface area contributed by atoms with Crippen LogP contribution in [0, 0.1) is 10.1 Å². The number of carbonyl (C=O) groups excluding carboxylic acids is 2. The quantitative estimate of drug-likeness (QED) is 0.336. The molecule has 8 nitrogen and oxygen atoms in total. The van der Waals surface area contributed by atoms with Crippen LogP contribution in [0.3, 0.4) is 0 Å². The molecule has 0 saturated heterocycles. The minimum absolute atomic E-state index is 0.113. The fourth-order valence-electron chi connectivity index (χ4n) is 2.04. The number of nitro benzene ring substituents is 1. The van der Waals surface area contributed by atoms with Crippen molar-refractivity contribution in [2.45, 2.75) is 0 Å². The molecule has 27 heavy (non-hydrogen) atoms. The van der Waals surface area contributed by atoms with Crippen molar-refractivity contribution in [3.63, 3.8) is 0 Å². The van der Waals surface area contributed by atoms with Crippen LogP contribution in [0.1, 0.15) is 5.56 Å². The second kappa shape index (κ2) is 9.35. The van der Waals surface area contributed by atoms with Crippen LogP contribution in [0.15, 0.2) is 48.5 Å². The lowest BCUT2D eigenvalue weighted by Crippen LogP contribution is -2.20. The minimum Gasteiger partial charge on any atom is -0.494 e. The number of ether oxygens (including phenoxy) is 2. The zero-order chi connectivity index (χ0) is 19.8.